The Labute approximate surface area is 173 Å². The number of fused-ring (bicyclic) bond motifs is 5. The van der Waals surface area contributed by atoms with Crippen LogP contribution in [0, 0.1) is 0 Å². The van der Waals surface area contributed by atoms with Gasteiger partial charge < -0.3 is 19.8 Å². The van der Waals surface area contributed by atoms with Crippen LogP contribution >= 0.6 is 0 Å². The van der Waals surface area contributed by atoms with Gasteiger partial charge in [-0.25, -0.2) is 9.97 Å². The van der Waals surface area contributed by atoms with E-state index in [4.69, 9.17) is 4.74 Å². The zero-order valence-electron chi connectivity index (χ0n) is 15.9. The fourth-order valence-corrected chi connectivity index (χ4v) is 4.25. The molecule has 8 heteroatoms. The molecule has 0 spiro atoms. The number of aromatic hydroxyl groups is 1. The van der Waals surface area contributed by atoms with Crippen LogP contribution in [0.1, 0.15) is 22.6 Å². The molecule has 0 fully saturated rings. The van der Waals surface area contributed by atoms with Crippen molar-refractivity contribution in [1.82, 2.24) is 19.9 Å². The minimum absolute atomic E-state index is 0.0613. The van der Waals surface area contributed by atoms with E-state index in [9.17, 15) is 14.7 Å². The van der Waals surface area contributed by atoms with Gasteiger partial charge in [-0.1, -0.05) is 18.2 Å². The van der Waals surface area contributed by atoms with Gasteiger partial charge in [0, 0.05) is 18.0 Å². The van der Waals surface area contributed by atoms with E-state index in [0.29, 0.717) is 33.5 Å². The molecular formula is C23H14N4O4. The highest BCUT2D eigenvalue weighted by Crippen LogP contribution is 2.49. The molecule has 0 amide bonds. The summed E-state index contributed by atoms with van der Waals surface area (Å²) in [5.41, 5.74) is 0.589. The van der Waals surface area contributed by atoms with Crippen molar-refractivity contribution in [3.63, 3.8) is 0 Å². The molecule has 8 nitrogen and oxygen atoms in total. The maximum absolute atomic E-state index is 13.2. The molecule has 1 aromatic carbocycles. The molecule has 4 aromatic heterocycles. The number of ether oxygens (including phenoxy) is 1. The number of hydrogen-bond acceptors (Lipinski definition) is 6. The number of aromatic nitrogens is 4. The summed E-state index contributed by atoms with van der Waals surface area (Å²) in [7, 11) is 0. The van der Waals surface area contributed by atoms with Gasteiger partial charge in [0.1, 0.15) is 28.5 Å². The number of para-hydroxylation sites is 1. The molecular weight excluding hydrogens is 396 g/mol. The predicted molar refractivity (Wildman–Crippen MR) is 114 cm³/mol. The molecule has 31 heavy (non-hydrogen) atoms. The Morgan fingerprint density at radius 1 is 0.806 bits per heavy atom. The lowest BCUT2D eigenvalue weighted by Gasteiger charge is -2.28. The maximum Gasteiger partial charge on any atom is 0.257 e. The third-order valence-electron chi connectivity index (χ3n) is 5.59. The molecule has 0 radical (unpaired) electrons. The van der Waals surface area contributed by atoms with Crippen LogP contribution in [-0.4, -0.2) is 25.0 Å². The normalized spacial score (nSPS) is 14.8. The van der Waals surface area contributed by atoms with Gasteiger partial charge in [-0.2, -0.15) is 0 Å². The smallest absolute Gasteiger partial charge is 0.257 e. The highest BCUT2D eigenvalue weighted by atomic mass is 16.5. The van der Waals surface area contributed by atoms with E-state index < -0.39 is 17.0 Å². The standard InChI is InChI=1S/C23H14N4O4/c28-18-12-6-3-9-24-20(12)26-22(29)16(18)15-11-5-1-2-8-14(11)31-19-13-7-4-10-25-21(13)27-23(30)17(15)19/h1-10,15H,(H,25,27,30)(H2,24,26,28,29). The van der Waals surface area contributed by atoms with Crippen molar-refractivity contribution < 1.29 is 9.84 Å². The van der Waals surface area contributed by atoms with Gasteiger partial charge in [0.25, 0.3) is 11.1 Å². The van der Waals surface area contributed by atoms with E-state index in [1.54, 1.807) is 48.7 Å². The number of nitrogens with zero attached hydrogens (tertiary/aromatic N) is 2. The molecule has 0 saturated carbocycles. The molecule has 5 aromatic rings. The van der Waals surface area contributed by atoms with Crippen molar-refractivity contribution in [3.05, 3.63) is 98.3 Å². The van der Waals surface area contributed by atoms with Crippen molar-refractivity contribution in [2.75, 3.05) is 0 Å². The summed E-state index contributed by atoms with van der Waals surface area (Å²) in [6.45, 7) is 0. The molecule has 0 aliphatic carbocycles. The van der Waals surface area contributed by atoms with Gasteiger partial charge in [-0.15, -0.1) is 0 Å². The fraction of sp³-hybridized carbons (Fsp3) is 0.0435. The molecule has 5 heterocycles. The maximum atomic E-state index is 13.2. The van der Waals surface area contributed by atoms with E-state index in [1.807, 2.05) is 6.07 Å². The molecule has 1 unspecified atom stereocenters. The first-order valence-electron chi connectivity index (χ1n) is 9.61. The Kier molecular flexibility index (Phi) is 3.52. The van der Waals surface area contributed by atoms with Gasteiger partial charge >= 0.3 is 0 Å². The Hall–Kier alpha value is -4.46. The SMILES string of the molecule is O=c1[nH]c2ncccc2c(O)c1C1c2ccccc2Oc2c1c(=O)[nH]c1ncccc21. The molecule has 0 bridgehead atoms. The lowest BCUT2D eigenvalue weighted by molar-refractivity contribution is 0.446. The highest BCUT2D eigenvalue weighted by molar-refractivity contribution is 5.87. The fourth-order valence-electron chi connectivity index (χ4n) is 4.25. The van der Waals surface area contributed by atoms with Gasteiger partial charge in [0.2, 0.25) is 0 Å². The zero-order chi connectivity index (χ0) is 21.1. The Bertz CT molecular complexity index is 1610. The Morgan fingerprint density at radius 2 is 1.45 bits per heavy atom. The van der Waals surface area contributed by atoms with Crippen molar-refractivity contribution in [3.8, 4) is 17.2 Å². The summed E-state index contributed by atoms with van der Waals surface area (Å²) in [5.74, 6) is -0.242. The van der Waals surface area contributed by atoms with Gasteiger partial charge in [0.15, 0.2) is 0 Å². The number of rotatable bonds is 1. The number of aromatic amines is 2. The second-order valence-corrected chi connectivity index (χ2v) is 7.29. The van der Waals surface area contributed by atoms with E-state index in [1.165, 1.54) is 6.20 Å². The number of nitrogens with one attached hydrogen (secondary N) is 2. The molecule has 1 aliphatic rings. The van der Waals surface area contributed by atoms with Crippen LogP contribution in [0.2, 0.25) is 0 Å². The predicted octanol–water partition coefficient (Wildman–Crippen LogP) is 3.15. The summed E-state index contributed by atoms with van der Waals surface area (Å²) in [6.07, 6.45) is 3.10. The topological polar surface area (TPSA) is 121 Å². The van der Waals surface area contributed by atoms with Crippen LogP contribution < -0.4 is 15.9 Å². The van der Waals surface area contributed by atoms with Crippen LogP contribution in [0.3, 0.4) is 0 Å². The number of benzene rings is 1. The van der Waals surface area contributed by atoms with Gasteiger partial charge in [-0.05, 0) is 30.3 Å². The van der Waals surface area contributed by atoms with Crippen LogP contribution in [0.25, 0.3) is 22.1 Å². The first-order chi connectivity index (χ1) is 15.1. The molecule has 0 saturated heterocycles. The monoisotopic (exact) mass is 410 g/mol. The summed E-state index contributed by atoms with van der Waals surface area (Å²) in [6, 6.07) is 14.0. The lowest BCUT2D eigenvalue weighted by Crippen LogP contribution is -2.27. The second-order valence-electron chi connectivity index (χ2n) is 7.29. The Morgan fingerprint density at radius 3 is 2.23 bits per heavy atom. The summed E-state index contributed by atoms with van der Waals surface area (Å²) >= 11 is 0. The van der Waals surface area contributed by atoms with E-state index >= 15 is 0 Å². The zero-order valence-corrected chi connectivity index (χ0v) is 15.9. The third-order valence-corrected chi connectivity index (χ3v) is 5.59. The average Bonchev–Trinajstić information content (AvgIpc) is 2.78. The second kappa shape index (κ2) is 6.27. The lowest BCUT2D eigenvalue weighted by atomic mass is 9.82. The van der Waals surface area contributed by atoms with Crippen LogP contribution in [0.5, 0.6) is 17.2 Å². The van der Waals surface area contributed by atoms with Crippen LogP contribution in [0.4, 0.5) is 0 Å². The molecule has 1 atom stereocenters. The van der Waals surface area contributed by atoms with Gasteiger partial charge in [0.05, 0.1) is 27.8 Å². The number of pyridine rings is 4. The molecule has 3 N–H and O–H groups in total. The van der Waals surface area contributed by atoms with Gasteiger partial charge in [-0.3, -0.25) is 9.59 Å². The largest absolute Gasteiger partial charge is 0.507 e. The Balaban J connectivity index is 1.77. The molecule has 150 valence electrons. The van der Waals surface area contributed by atoms with E-state index in [0.717, 1.165) is 0 Å². The minimum Gasteiger partial charge on any atom is -0.507 e. The van der Waals surface area contributed by atoms with Crippen molar-refractivity contribution in [1.29, 1.82) is 0 Å². The summed E-state index contributed by atoms with van der Waals surface area (Å²) < 4.78 is 6.12. The van der Waals surface area contributed by atoms with Crippen molar-refractivity contribution >= 4 is 22.1 Å². The quantitative estimate of drug-likeness (QED) is 0.383. The highest BCUT2D eigenvalue weighted by Gasteiger charge is 2.36. The number of H-pyrrole nitrogens is 2. The minimum atomic E-state index is -0.846. The van der Waals surface area contributed by atoms with Crippen molar-refractivity contribution in [2.24, 2.45) is 0 Å². The van der Waals surface area contributed by atoms with Crippen LogP contribution in [-0.2, 0) is 0 Å². The molecule has 6 rings (SSSR count). The molecule has 1 aliphatic heterocycles. The first kappa shape index (κ1) is 17.4. The average molecular weight is 410 g/mol. The first-order valence-corrected chi connectivity index (χ1v) is 9.61. The van der Waals surface area contributed by atoms with E-state index in [-0.39, 0.29) is 22.5 Å². The van der Waals surface area contributed by atoms with E-state index in [2.05, 4.69) is 19.9 Å². The summed E-state index contributed by atoms with van der Waals surface area (Å²) in [5, 5.41) is 12.1. The van der Waals surface area contributed by atoms with Crippen LogP contribution in [0.15, 0.2) is 70.5 Å². The number of hydrogen-bond donors (Lipinski definition) is 3. The third kappa shape index (κ3) is 2.42. The van der Waals surface area contributed by atoms with Crippen molar-refractivity contribution in [2.45, 2.75) is 5.92 Å². The summed E-state index contributed by atoms with van der Waals surface area (Å²) in [4.78, 5) is 40.1.